The number of rotatable bonds is 4. The van der Waals surface area contributed by atoms with E-state index in [1.165, 1.54) is 17.3 Å². The highest BCUT2D eigenvalue weighted by Gasteiger charge is 2.44. The van der Waals surface area contributed by atoms with Crippen LogP contribution in [0, 0.1) is 17.8 Å². The molecular weight excluding hydrogens is 686 g/mol. The molecule has 2 amide bonds. The summed E-state index contributed by atoms with van der Waals surface area (Å²) in [7, 11) is -1.83. The number of hydrogen-bond acceptors (Lipinski definition) is 7. The molecule has 7 rings (SSSR count). The molecule has 0 saturated heterocycles. The van der Waals surface area contributed by atoms with Gasteiger partial charge in [-0.3, -0.25) is 19.0 Å². The molecule has 1 saturated carbocycles. The van der Waals surface area contributed by atoms with Crippen molar-refractivity contribution < 1.29 is 23.3 Å². The Morgan fingerprint density at radius 2 is 2.04 bits per heavy atom. The number of hydrogen-bond donors (Lipinski definition) is 1. The second-order valence-electron chi connectivity index (χ2n) is 14.8. The number of benzene rings is 2. The van der Waals surface area contributed by atoms with E-state index < -0.39 is 27.0 Å². The highest BCUT2D eigenvalue weighted by Crippen LogP contribution is 2.47. The molecule has 2 aliphatic carbocycles. The topological polar surface area (TPSA) is 115 Å². The number of carbonyl (C=O) groups excluding carboxylic acids is 2. The number of aromatic nitrogens is 2. The van der Waals surface area contributed by atoms with E-state index in [0.717, 1.165) is 49.4 Å². The highest BCUT2D eigenvalue weighted by atomic mass is 35.5. The van der Waals surface area contributed by atoms with E-state index in [1.807, 2.05) is 32.0 Å². The zero-order valence-electron chi connectivity index (χ0n) is 29.8. The van der Waals surface area contributed by atoms with Crippen LogP contribution in [0.3, 0.4) is 0 Å². The second kappa shape index (κ2) is 14.4. The predicted octanol–water partition coefficient (Wildman–Crippen LogP) is 7.01. The van der Waals surface area contributed by atoms with Crippen LogP contribution in [-0.4, -0.2) is 64.0 Å². The Morgan fingerprint density at radius 1 is 1.20 bits per heavy atom. The van der Waals surface area contributed by atoms with Gasteiger partial charge in [-0.25, -0.2) is 4.21 Å². The van der Waals surface area contributed by atoms with Gasteiger partial charge in [0.1, 0.15) is 15.7 Å². The number of nitrogens with zero attached hydrogens (tertiary/aromatic N) is 4. The molecule has 3 heterocycles. The smallest absolute Gasteiger partial charge is 0.286 e. The predicted molar refractivity (Wildman–Crippen MR) is 200 cm³/mol. The molecule has 1 spiro atoms. The fraction of sp³-hybridized carbons (Fsp3) is 0.513. The van der Waals surface area contributed by atoms with E-state index in [4.69, 9.17) is 21.1 Å². The van der Waals surface area contributed by atoms with Crippen LogP contribution in [0.15, 0.2) is 65.3 Å². The first-order chi connectivity index (χ1) is 24.5. The van der Waals surface area contributed by atoms with Crippen molar-refractivity contribution in [1.29, 1.82) is 0 Å². The van der Waals surface area contributed by atoms with Crippen molar-refractivity contribution in [3.8, 4) is 5.75 Å². The van der Waals surface area contributed by atoms with Gasteiger partial charge in [-0.1, -0.05) is 36.7 Å². The molecule has 2 aliphatic heterocycles. The molecule has 51 heavy (non-hydrogen) atoms. The summed E-state index contributed by atoms with van der Waals surface area (Å²) in [6.07, 6.45) is 12.9. The standard InChI is InChI=1S/C39H48ClN5O5S/c1-5-45-22-30(20-41-45)38(47)43-51(48)26(3)25(2)8-6-10-35(49-4)32-14-11-29(32)21-44-23-39(17-7-9-27-18-31(40)13-15-33(27)39)24-50-36-16-12-28(19-34(36)44)37(46)42-51/h6,10,12-13,15-16,18-20,22,25-26,29,32,35H,5,7-9,11,14,17,21,23-24H2,1-4H3,(H,42,43,46,47,48)/b10-6-/t25-,26+,29-,32+,35-,39-,51?/m0/s1. The number of nitrogens with one attached hydrogen (secondary N) is 1. The van der Waals surface area contributed by atoms with Crippen LogP contribution in [0.25, 0.3) is 0 Å². The maximum atomic E-state index is 14.8. The molecule has 1 fully saturated rings. The minimum Gasteiger partial charge on any atom is -0.490 e. The summed E-state index contributed by atoms with van der Waals surface area (Å²) in [5.74, 6) is 0.0131. The fourth-order valence-corrected chi connectivity index (χ4v) is 10.4. The Hall–Kier alpha value is -3.67. The lowest BCUT2D eigenvalue weighted by Gasteiger charge is -2.46. The number of halogens is 1. The molecule has 2 aromatic carbocycles. The molecule has 1 N–H and O–H groups in total. The molecule has 1 aromatic heterocycles. The number of allylic oxidation sites excluding steroid dienone is 1. The Bertz CT molecular complexity index is 1970. The zero-order valence-corrected chi connectivity index (χ0v) is 31.4. The van der Waals surface area contributed by atoms with E-state index in [-0.39, 0.29) is 23.0 Å². The Balaban J connectivity index is 1.32. The van der Waals surface area contributed by atoms with Gasteiger partial charge in [0.05, 0.1) is 35.4 Å². The summed E-state index contributed by atoms with van der Waals surface area (Å²) < 4.78 is 36.2. The number of methoxy groups -OCH3 is 1. The highest BCUT2D eigenvalue weighted by molar-refractivity contribution is 7.93. The van der Waals surface area contributed by atoms with E-state index in [9.17, 15) is 13.8 Å². The van der Waals surface area contributed by atoms with E-state index in [2.05, 4.69) is 43.4 Å². The SMILES string of the molecule is CCn1cc(C(=O)NS2(=O)=NC(=O)c3ccc4c(c3)N(C[C@@H]3CC[C@H]3[C@@H](OC)/C=C\C[C@H](C)[C@H]2C)C[C@@]2(CCCc3cc(Cl)ccc32)CO4)cn1. The van der Waals surface area contributed by atoms with Crippen molar-refractivity contribution in [3.63, 3.8) is 0 Å². The van der Waals surface area contributed by atoms with Gasteiger partial charge < -0.3 is 14.4 Å². The number of aryl methyl sites for hydroxylation is 2. The van der Waals surface area contributed by atoms with Crippen molar-refractivity contribution >= 4 is 39.0 Å². The summed E-state index contributed by atoms with van der Waals surface area (Å²) in [6.45, 7) is 8.25. The van der Waals surface area contributed by atoms with Gasteiger partial charge in [0.15, 0.2) is 0 Å². The number of fused-ring (bicyclic) bond motifs is 4. The maximum absolute atomic E-state index is 14.8. The van der Waals surface area contributed by atoms with Crippen molar-refractivity contribution in [2.45, 2.75) is 82.6 Å². The van der Waals surface area contributed by atoms with Crippen molar-refractivity contribution in [2.75, 3.05) is 31.7 Å². The summed E-state index contributed by atoms with van der Waals surface area (Å²) in [6, 6.07) is 11.6. The largest absolute Gasteiger partial charge is 0.490 e. The first-order valence-electron chi connectivity index (χ1n) is 18.2. The summed E-state index contributed by atoms with van der Waals surface area (Å²) >= 11 is 6.46. The van der Waals surface area contributed by atoms with E-state index in [1.54, 1.807) is 31.0 Å². The molecule has 2 bridgehead atoms. The molecule has 1 unspecified atom stereocenters. The quantitative estimate of drug-likeness (QED) is 0.287. The molecule has 10 nitrogen and oxygen atoms in total. The first-order valence-corrected chi connectivity index (χ1v) is 20.1. The molecule has 272 valence electrons. The molecule has 4 aliphatic rings. The third kappa shape index (κ3) is 6.97. The molecule has 12 heteroatoms. The maximum Gasteiger partial charge on any atom is 0.286 e. The van der Waals surface area contributed by atoms with Gasteiger partial charge >= 0.3 is 0 Å². The lowest BCUT2D eigenvalue weighted by Crippen LogP contribution is -2.49. The number of ether oxygens (including phenoxy) is 2. The van der Waals surface area contributed by atoms with Crippen LogP contribution in [-0.2, 0) is 33.0 Å². The second-order valence-corrected chi connectivity index (χ2v) is 17.5. The van der Waals surface area contributed by atoms with Gasteiger partial charge in [-0.15, -0.1) is 4.36 Å². The van der Waals surface area contributed by atoms with Gasteiger partial charge in [0.2, 0.25) is 0 Å². The molecule has 7 atom stereocenters. The normalized spacial score (nSPS) is 31.3. The van der Waals surface area contributed by atoms with Crippen molar-refractivity contribution in [2.24, 2.45) is 22.1 Å². The average Bonchev–Trinajstić information content (AvgIpc) is 3.55. The van der Waals surface area contributed by atoms with E-state index >= 15 is 0 Å². The van der Waals surface area contributed by atoms with Crippen molar-refractivity contribution in [1.82, 2.24) is 14.5 Å². The van der Waals surface area contributed by atoms with Crippen LogP contribution in [0.1, 0.15) is 84.7 Å². The van der Waals surface area contributed by atoms with E-state index in [0.29, 0.717) is 49.3 Å². The number of amides is 2. The summed E-state index contributed by atoms with van der Waals surface area (Å²) in [5.41, 5.74) is 3.64. The number of anilines is 1. The minimum absolute atomic E-state index is 0.0647. The molecular formula is C39H48ClN5O5S. The Labute approximate surface area is 306 Å². The summed E-state index contributed by atoms with van der Waals surface area (Å²) in [4.78, 5) is 29.9. The fourth-order valence-electron chi connectivity index (χ4n) is 8.33. The molecule has 0 radical (unpaired) electrons. The van der Waals surface area contributed by atoms with Crippen LogP contribution >= 0.6 is 11.6 Å². The van der Waals surface area contributed by atoms with Crippen LogP contribution in [0.5, 0.6) is 5.75 Å². The van der Waals surface area contributed by atoms with Crippen LogP contribution < -0.4 is 14.4 Å². The average molecular weight is 734 g/mol. The monoisotopic (exact) mass is 733 g/mol. The van der Waals surface area contributed by atoms with Crippen LogP contribution in [0.2, 0.25) is 5.02 Å². The van der Waals surface area contributed by atoms with Gasteiger partial charge in [-0.05, 0) is 112 Å². The number of carbonyl (C=O) groups is 2. The lowest BCUT2D eigenvalue weighted by atomic mass is 9.68. The van der Waals surface area contributed by atoms with Gasteiger partial charge in [0.25, 0.3) is 11.8 Å². The lowest BCUT2D eigenvalue weighted by molar-refractivity contribution is 0.0131. The zero-order chi connectivity index (χ0) is 35.9. The third-order valence-corrected chi connectivity index (χ3v) is 14.3. The van der Waals surface area contributed by atoms with Crippen molar-refractivity contribution in [3.05, 3.63) is 88.2 Å². The molecule has 3 aromatic rings. The van der Waals surface area contributed by atoms with Crippen LogP contribution in [0.4, 0.5) is 5.69 Å². The third-order valence-electron chi connectivity index (χ3n) is 11.7. The minimum atomic E-state index is -3.60. The Kier molecular flexibility index (Phi) is 10.1. The first kappa shape index (κ1) is 35.7. The van der Waals surface area contributed by atoms with Gasteiger partial charge in [0, 0.05) is 48.9 Å². The van der Waals surface area contributed by atoms with Gasteiger partial charge in [-0.2, -0.15) is 5.10 Å². The summed E-state index contributed by atoms with van der Waals surface area (Å²) in [5, 5.41) is 4.28. The Morgan fingerprint density at radius 3 is 2.78 bits per heavy atom.